The smallest absolute Gasteiger partial charge is 0.251 e. The molecule has 1 heterocycles. The van der Waals surface area contributed by atoms with Crippen LogP contribution in [-0.4, -0.2) is 52.0 Å². The van der Waals surface area contributed by atoms with E-state index in [2.05, 4.69) is 5.32 Å². The van der Waals surface area contributed by atoms with Gasteiger partial charge in [-0.15, -0.1) is 0 Å². The van der Waals surface area contributed by atoms with Crippen molar-refractivity contribution in [2.24, 2.45) is 0 Å². The standard InChI is InChI=1S/C14H20N2O4S/c1-20-11-8-15-14(17)12-4-6-13(7-5-12)21(18,19)16-9-2-3-10-16/h4-7H,2-3,8-11H2,1H3,(H,15,17). The molecule has 0 aliphatic carbocycles. The van der Waals surface area contributed by atoms with Gasteiger partial charge < -0.3 is 10.1 Å². The van der Waals surface area contributed by atoms with Gasteiger partial charge >= 0.3 is 0 Å². The highest BCUT2D eigenvalue weighted by molar-refractivity contribution is 7.89. The summed E-state index contributed by atoms with van der Waals surface area (Å²) in [5.74, 6) is -0.239. The number of hydrogen-bond donors (Lipinski definition) is 1. The molecule has 0 spiro atoms. The van der Waals surface area contributed by atoms with Gasteiger partial charge in [-0.25, -0.2) is 8.42 Å². The lowest BCUT2D eigenvalue weighted by molar-refractivity contribution is 0.0937. The van der Waals surface area contributed by atoms with Gasteiger partial charge in [-0.2, -0.15) is 4.31 Å². The lowest BCUT2D eigenvalue weighted by atomic mass is 10.2. The molecule has 1 fully saturated rings. The molecular weight excluding hydrogens is 292 g/mol. The zero-order valence-corrected chi connectivity index (χ0v) is 12.9. The van der Waals surface area contributed by atoms with Crippen LogP contribution in [0.1, 0.15) is 23.2 Å². The van der Waals surface area contributed by atoms with Gasteiger partial charge in [0.2, 0.25) is 10.0 Å². The van der Waals surface area contributed by atoms with Gasteiger partial charge in [-0.1, -0.05) is 0 Å². The van der Waals surface area contributed by atoms with Gasteiger partial charge in [-0.3, -0.25) is 4.79 Å². The van der Waals surface area contributed by atoms with Crippen molar-refractivity contribution in [1.82, 2.24) is 9.62 Å². The van der Waals surface area contributed by atoms with Crippen molar-refractivity contribution in [3.63, 3.8) is 0 Å². The van der Waals surface area contributed by atoms with Crippen LogP contribution in [0.5, 0.6) is 0 Å². The second kappa shape index (κ2) is 7.02. The zero-order chi connectivity index (χ0) is 15.3. The van der Waals surface area contributed by atoms with Crippen LogP contribution < -0.4 is 5.32 Å². The summed E-state index contributed by atoms with van der Waals surface area (Å²) in [6, 6.07) is 6.04. The predicted octanol–water partition coefficient (Wildman–Crippen LogP) is 0.847. The van der Waals surface area contributed by atoms with E-state index in [9.17, 15) is 13.2 Å². The maximum absolute atomic E-state index is 12.3. The molecular formula is C14H20N2O4S. The Morgan fingerprint density at radius 1 is 1.24 bits per heavy atom. The van der Waals surface area contributed by atoms with E-state index in [1.807, 2.05) is 0 Å². The van der Waals surface area contributed by atoms with Gasteiger partial charge in [0.25, 0.3) is 5.91 Å². The summed E-state index contributed by atoms with van der Waals surface area (Å²) in [6.45, 7) is 2.00. The lowest BCUT2D eigenvalue weighted by Crippen LogP contribution is -2.28. The SMILES string of the molecule is COCCNC(=O)c1ccc(S(=O)(=O)N2CCCC2)cc1. The van der Waals surface area contributed by atoms with Crippen molar-refractivity contribution in [2.45, 2.75) is 17.7 Å². The number of nitrogens with zero attached hydrogens (tertiary/aromatic N) is 1. The molecule has 0 unspecified atom stereocenters. The molecule has 0 radical (unpaired) electrons. The third kappa shape index (κ3) is 3.81. The van der Waals surface area contributed by atoms with E-state index in [1.54, 1.807) is 7.11 Å². The Labute approximate surface area is 125 Å². The third-order valence-electron chi connectivity index (χ3n) is 3.41. The van der Waals surface area contributed by atoms with Crippen molar-refractivity contribution in [2.75, 3.05) is 33.4 Å². The molecule has 2 rings (SSSR count). The second-order valence-corrected chi connectivity index (χ2v) is 6.82. The predicted molar refractivity (Wildman–Crippen MR) is 78.6 cm³/mol. The number of hydrogen-bond acceptors (Lipinski definition) is 4. The van der Waals surface area contributed by atoms with Crippen LogP contribution in [0.4, 0.5) is 0 Å². The molecule has 0 atom stereocenters. The van der Waals surface area contributed by atoms with Crippen LogP contribution in [0.3, 0.4) is 0 Å². The molecule has 116 valence electrons. The average Bonchev–Trinajstić information content (AvgIpc) is 3.02. The summed E-state index contributed by atoms with van der Waals surface area (Å²) in [7, 11) is -1.86. The van der Waals surface area contributed by atoms with E-state index in [0.29, 0.717) is 31.8 Å². The maximum Gasteiger partial charge on any atom is 0.251 e. The van der Waals surface area contributed by atoms with E-state index in [-0.39, 0.29) is 10.8 Å². The number of rotatable bonds is 6. The van der Waals surface area contributed by atoms with Gasteiger partial charge in [0.05, 0.1) is 11.5 Å². The summed E-state index contributed by atoms with van der Waals surface area (Å²) >= 11 is 0. The summed E-state index contributed by atoms with van der Waals surface area (Å²) in [4.78, 5) is 12.0. The third-order valence-corrected chi connectivity index (χ3v) is 5.32. The molecule has 1 amide bonds. The van der Waals surface area contributed by atoms with Crippen molar-refractivity contribution in [3.05, 3.63) is 29.8 Å². The Kier molecular flexibility index (Phi) is 5.33. The Morgan fingerprint density at radius 2 is 1.86 bits per heavy atom. The highest BCUT2D eigenvalue weighted by Gasteiger charge is 2.27. The Hall–Kier alpha value is -1.44. The van der Waals surface area contributed by atoms with Gasteiger partial charge in [-0.05, 0) is 37.1 Å². The minimum Gasteiger partial charge on any atom is -0.383 e. The molecule has 1 aromatic rings. The first-order chi connectivity index (χ1) is 10.1. The van der Waals surface area contributed by atoms with E-state index in [1.165, 1.54) is 28.6 Å². The molecule has 1 aliphatic rings. The molecule has 7 heteroatoms. The summed E-state index contributed by atoms with van der Waals surface area (Å²) in [6.07, 6.45) is 1.80. The fourth-order valence-corrected chi connectivity index (χ4v) is 3.74. The van der Waals surface area contributed by atoms with Crippen molar-refractivity contribution in [3.8, 4) is 0 Å². The lowest BCUT2D eigenvalue weighted by Gasteiger charge is -2.15. The van der Waals surface area contributed by atoms with Gasteiger partial charge in [0, 0.05) is 32.3 Å². The molecule has 6 nitrogen and oxygen atoms in total. The van der Waals surface area contributed by atoms with Crippen LogP contribution in [0.25, 0.3) is 0 Å². The minimum atomic E-state index is -3.42. The molecule has 1 N–H and O–H groups in total. The topological polar surface area (TPSA) is 75.7 Å². The zero-order valence-electron chi connectivity index (χ0n) is 12.0. The number of nitrogens with one attached hydrogen (secondary N) is 1. The second-order valence-electron chi connectivity index (χ2n) is 4.88. The molecule has 0 bridgehead atoms. The van der Waals surface area contributed by atoms with Gasteiger partial charge in [0.15, 0.2) is 0 Å². The normalized spacial score (nSPS) is 16.0. The first-order valence-electron chi connectivity index (χ1n) is 6.93. The fourth-order valence-electron chi connectivity index (χ4n) is 2.22. The molecule has 0 aromatic heterocycles. The first-order valence-corrected chi connectivity index (χ1v) is 8.37. The van der Waals surface area contributed by atoms with Crippen LogP contribution >= 0.6 is 0 Å². The van der Waals surface area contributed by atoms with Crippen LogP contribution in [-0.2, 0) is 14.8 Å². The van der Waals surface area contributed by atoms with Crippen LogP contribution in [0.15, 0.2) is 29.2 Å². The summed E-state index contributed by atoms with van der Waals surface area (Å²) in [5.41, 5.74) is 0.437. The number of amides is 1. The minimum absolute atomic E-state index is 0.234. The summed E-state index contributed by atoms with van der Waals surface area (Å²) in [5, 5.41) is 2.69. The number of benzene rings is 1. The van der Waals surface area contributed by atoms with E-state index in [0.717, 1.165) is 12.8 Å². The van der Waals surface area contributed by atoms with Crippen LogP contribution in [0, 0.1) is 0 Å². The Bertz CT molecular complexity index is 577. The van der Waals surface area contributed by atoms with Crippen LogP contribution in [0.2, 0.25) is 0 Å². The molecule has 1 saturated heterocycles. The largest absolute Gasteiger partial charge is 0.383 e. The highest BCUT2D eigenvalue weighted by atomic mass is 32.2. The monoisotopic (exact) mass is 312 g/mol. The number of methoxy groups -OCH3 is 1. The number of carbonyl (C=O) groups excluding carboxylic acids is 1. The number of carbonyl (C=O) groups is 1. The highest BCUT2D eigenvalue weighted by Crippen LogP contribution is 2.20. The van der Waals surface area contributed by atoms with E-state index >= 15 is 0 Å². The van der Waals surface area contributed by atoms with E-state index in [4.69, 9.17) is 4.74 Å². The number of sulfonamides is 1. The molecule has 1 aliphatic heterocycles. The van der Waals surface area contributed by atoms with Gasteiger partial charge in [0.1, 0.15) is 0 Å². The Morgan fingerprint density at radius 3 is 2.43 bits per heavy atom. The summed E-state index contributed by atoms with van der Waals surface area (Å²) < 4.78 is 31.0. The van der Waals surface area contributed by atoms with E-state index < -0.39 is 10.0 Å². The Balaban J connectivity index is 2.06. The van der Waals surface area contributed by atoms with Crippen molar-refractivity contribution < 1.29 is 17.9 Å². The quantitative estimate of drug-likeness (QED) is 0.790. The number of ether oxygens (including phenoxy) is 1. The average molecular weight is 312 g/mol. The molecule has 21 heavy (non-hydrogen) atoms. The van der Waals surface area contributed by atoms with Crippen molar-refractivity contribution in [1.29, 1.82) is 0 Å². The molecule has 0 saturated carbocycles. The fraction of sp³-hybridized carbons (Fsp3) is 0.500. The maximum atomic E-state index is 12.3. The molecule has 1 aromatic carbocycles. The first kappa shape index (κ1) is 15.9. The van der Waals surface area contributed by atoms with Crippen molar-refractivity contribution >= 4 is 15.9 Å².